The van der Waals surface area contributed by atoms with Gasteiger partial charge in [0.1, 0.15) is 0 Å². The highest BCUT2D eigenvalue weighted by molar-refractivity contribution is 5.98. The van der Waals surface area contributed by atoms with Gasteiger partial charge in [-0.05, 0) is 51.5 Å². The maximum absolute atomic E-state index is 12.1. The Morgan fingerprint density at radius 2 is 2.19 bits per heavy atom. The van der Waals surface area contributed by atoms with Gasteiger partial charge in [-0.15, -0.1) is 6.58 Å². The van der Waals surface area contributed by atoms with Crippen LogP contribution >= 0.6 is 0 Å². The largest absolute Gasteiger partial charge is 0.362 e. The van der Waals surface area contributed by atoms with Crippen molar-refractivity contribution in [2.24, 2.45) is 0 Å². The van der Waals surface area contributed by atoms with Gasteiger partial charge in [0.15, 0.2) is 0 Å². The second-order valence-electron chi connectivity index (χ2n) is 5.29. The minimum absolute atomic E-state index is 0.382. The van der Waals surface area contributed by atoms with E-state index in [9.17, 15) is 9.90 Å². The van der Waals surface area contributed by atoms with Crippen molar-refractivity contribution in [2.75, 3.05) is 27.2 Å². The maximum Gasteiger partial charge on any atom is 0.220 e. The average molecular weight is 291 g/mol. The van der Waals surface area contributed by atoms with Crippen molar-refractivity contribution in [3.63, 3.8) is 0 Å². The van der Waals surface area contributed by atoms with Gasteiger partial charge in [-0.1, -0.05) is 24.3 Å². The van der Waals surface area contributed by atoms with Crippen molar-refractivity contribution >= 4 is 5.78 Å². The lowest BCUT2D eigenvalue weighted by Crippen LogP contribution is -2.24. The van der Waals surface area contributed by atoms with Crippen LogP contribution in [-0.2, 0) is 11.2 Å². The summed E-state index contributed by atoms with van der Waals surface area (Å²) in [7, 11) is 4.02. The molecule has 0 saturated heterocycles. The van der Waals surface area contributed by atoms with E-state index >= 15 is 0 Å². The number of ketones is 1. The molecule has 21 heavy (non-hydrogen) atoms. The Labute approximate surface area is 127 Å². The molecule has 0 amide bonds. The Hall–Kier alpha value is -1.49. The number of hydrogen-bond acceptors (Lipinski definition) is 4. The summed E-state index contributed by atoms with van der Waals surface area (Å²) in [5, 5.41) is 9.80. The quantitative estimate of drug-likeness (QED) is 0.311. The Morgan fingerprint density at radius 1 is 1.43 bits per heavy atom. The van der Waals surface area contributed by atoms with Crippen LogP contribution in [0.25, 0.3) is 0 Å². The Bertz CT molecular complexity index is 457. The Morgan fingerprint density at radius 3 is 2.86 bits per heavy atom. The van der Waals surface area contributed by atoms with E-state index in [2.05, 4.69) is 11.5 Å². The van der Waals surface area contributed by atoms with Crippen LogP contribution in [-0.4, -0.2) is 49.3 Å². The molecule has 0 fully saturated rings. The number of Topliss-reactive ketones (excluding diaryl/α,β-unsaturated/α-hetero) is 1. The van der Waals surface area contributed by atoms with E-state index in [1.54, 1.807) is 24.3 Å². The van der Waals surface area contributed by atoms with E-state index in [-0.39, 0.29) is 0 Å². The van der Waals surface area contributed by atoms with Gasteiger partial charge >= 0.3 is 0 Å². The van der Waals surface area contributed by atoms with E-state index in [0.29, 0.717) is 18.6 Å². The summed E-state index contributed by atoms with van der Waals surface area (Å²) >= 11 is 0. The summed E-state index contributed by atoms with van der Waals surface area (Å²) in [5.74, 6) is -0.395. The third-order valence-electron chi connectivity index (χ3n) is 3.09. The van der Waals surface area contributed by atoms with Crippen molar-refractivity contribution < 1.29 is 14.6 Å². The molecule has 0 saturated carbocycles. The summed E-state index contributed by atoms with van der Waals surface area (Å²) in [6, 6.07) is 7.18. The zero-order chi connectivity index (χ0) is 15.7. The van der Waals surface area contributed by atoms with Crippen molar-refractivity contribution in [3.8, 4) is 0 Å². The number of ether oxygens (including phenoxy) is 1. The minimum atomic E-state index is -1.39. The normalized spacial score (nSPS) is 12.4. The lowest BCUT2D eigenvalue weighted by atomic mass is 10.0. The smallest absolute Gasteiger partial charge is 0.220 e. The number of hydrogen-bond donors (Lipinski definition) is 1. The molecule has 0 aromatic heterocycles. The molecule has 0 heterocycles. The van der Waals surface area contributed by atoms with E-state index in [0.717, 1.165) is 24.9 Å². The van der Waals surface area contributed by atoms with Crippen molar-refractivity contribution in [1.29, 1.82) is 0 Å². The number of allylic oxidation sites excluding steroid dienone is 1. The fourth-order valence-electron chi connectivity index (χ4n) is 1.96. The maximum atomic E-state index is 12.1. The number of unbranched alkanes of at least 4 members (excludes halogenated alkanes) is 1. The zero-order valence-electron chi connectivity index (χ0n) is 12.9. The number of nitrogens with zero attached hydrogens (tertiary/aromatic N) is 1. The first-order valence-corrected chi connectivity index (χ1v) is 7.23. The van der Waals surface area contributed by atoms with Crippen LogP contribution in [0.2, 0.25) is 0 Å². The lowest BCUT2D eigenvalue weighted by Gasteiger charge is -2.13. The van der Waals surface area contributed by atoms with Crippen LogP contribution in [0.1, 0.15) is 28.8 Å². The fraction of sp³-hybridized carbons (Fsp3) is 0.471. The van der Waals surface area contributed by atoms with E-state index in [1.165, 1.54) is 0 Å². The zero-order valence-corrected chi connectivity index (χ0v) is 12.9. The van der Waals surface area contributed by atoms with Gasteiger partial charge in [0.25, 0.3) is 0 Å². The molecule has 0 radical (unpaired) electrons. The topological polar surface area (TPSA) is 49.8 Å². The van der Waals surface area contributed by atoms with E-state index in [4.69, 9.17) is 4.74 Å². The SMILES string of the molecule is C=CCc1cccc(C(=O)C(O)OCCCCN(C)C)c1. The van der Waals surface area contributed by atoms with Crippen molar-refractivity contribution in [3.05, 3.63) is 48.0 Å². The fourth-order valence-corrected chi connectivity index (χ4v) is 1.96. The van der Waals surface area contributed by atoms with Crippen molar-refractivity contribution in [2.45, 2.75) is 25.6 Å². The molecule has 1 aromatic rings. The molecule has 1 unspecified atom stereocenters. The summed E-state index contributed by atoms with van der Waals surface area (Å²) in [5.41, 5.74) is 1.46. The first-order valence-electron chi connectivity index (χ1n) is 7.23. The molecule has 1 N–H and O–H groups in total. The Balaban J connectivity index is 2.43. The number of carbonyl (C=O) groups is 1. The molecule has 0 aliphatic carbocycles. The molecule has 1 rings (SSSR count). The van der Waals surface area contributed by atoms with E-state index < -0.39 is 12.1 Å². The molecule has 116 valence electrons. The van der Waals surface area contributed by atoms with Crippen LogP contribution in [0.15, 0.2) is 36.9 Å². The lowest BCUT2D eigenvalue weighted by molar-refractivity contribution is -0.0729. The molecule has 0 aliphatic heterocycles. The average Bonchev–Trinajstić information content (AvgIpc) is 2.46. The highest BCUT2D eigenvalue weighted by atomic mass is 16.6. The summed E-state index contributed by atoms with van der Waals surface area (Å²) in [4.78, 5) is 14.2. The molecule has 4 heteroatoms. The number of rotatable bonds is 10. The summed E-state index contributed by atoms with van der Waals surface area (Å²) in [6.45, 7) is 5.02. The number of aliphatic hydroxyl groups excluding tert-OH is 1. The van der Waals surface area contributed by atoms with Gasteiger partial charge in [0, 0.05) is 5.56 Å². The second kappa shape index (κ2) is 9.45. The number of benzene rings is 1. The monoisotopic (exact) mass is 291 g/mol. The molecule has 0 bridgehead atoms. The van der Waals surface area contributed by atoms with Crippen LogP contribution in [0.3, 0.4) is 0 Å². The molecular weight excluding hydrogens is 266 g/mol. The highest BCUT2D eigenvalue weighted by Gasteiger charge is 2.17. The molecule has 1 atom stereocenters. The van der Waals surface area contributed by atoms with Crippen molar-refractivity contribution in [1.82, 2.24) is 4.90 Å². The first kappa shape index (κ1) is 17.6. The molecule has 4 nitrogen and oxygen atoms in total. The highest BCUT2D eigenvalue weighted by Crippen LogP contribution is 2.10. The third kappa shape index (κ3) is 6.67. The molecular formula is C17H25NO3. The second-order valence-corrected chi connectivity index (χ2v) is 5.29. The van der Waals surface area contributed by atoms with Gasteiger partial charge in [0.2, 0.25) is 12.1 Å². The van der Waals surface area contributed by atoms with Crippen LogP contribution in [0.4, 0.5) is 0 Å². The van der Waals surface area contributed by atoms with Crippen LogP contribution < -0.4 is 0 Å². The van der Waals surface area contributed by atoms with Crippen LogP contribution in [0.5, 0.6) is 0 Å². The molecule has 0 spiro atoms. The standard InChI is InChI=1S/C17H25NO3/c1-4-8-14-9-7-10-15(13-14)16(19)17(20)21-12-6-5-11-18(2)3/h4,7,9-10,13,17,20H,1,5-6,8,11-12H2,2-3H3. The van der Waals surface area contributed by atoms with Gasteiger partial charge in [-0.3, -0.25) is 4.79 Å². The van der Waals surface area contributed by atoms with Crippen LogP contribution in [0, 0.1) is 0 Å². The van der Waals surface area contributed by atoms with Gasteiger partial charge in [-0.2, -0.15) is 0 Å². The van der Waals surface area contributed by atoms with Gasteiger partial charge < -0.3 is 14.7 Å². The molecule has 0 aliphatic rings. The predicted octanol–water partition coefficient (Wildman–Crippen LogP) is 2.27. The minimum Gasteiger partial charge on any atom is -0.362 e. The third-order valence-corrected chi connectivity index (χ3v) is 3.09. The molecule has 1 aromatic carbocycles. The first-order chi connectivity index (χ1) is 10.0. The summed E-state index contributed by atoms with van der Waals surface area (Å²) < 4.78 is 5.21. The summed E-state index contributed by atoms with van der Waals surface area (Å²) in [6.07, 6.45) is 2.88. The number of carbonyl (C=O) groups excluding carboxylic acids is 1. The van der Waals surface area contributed by atoms with E-state index in [1.807, 2.05) is 20.2 Å². The number of aliphatic hydroxyl groups is 1. The van der Waals surface area contributed by atoms with Gasteiger partial charge in [-0.25, -0.2) is 0 Å². The Kier molecular flexibility index (Phi) is 7.90. The predicted molar refractivity (Wildman–Crippen MR) is 84.4 cm³/mol. The van der Waals surface area contributed by atoms with Gasteiger partial charge in [0.05, 0.1) is 6.61 Å².